The largest absolute Gasteiger partial charge is 0.447 e. The highest BCUT2D eigenvalue weighted by atomic mass is 35.5. The lowest BCUT2D eigenvalue weighted by molar-refractivity contribution is -0.152. The Kier molecular flexibility index (Phi) is 4.45. The molecule has 0 bridgehead atoms. The first kappa shape index (κ1) is 10.7. The average molecular weight is 180 g/mol. The van der Waals surface area contributed by atoms with Crippen LogP contribution in [0.5, 0.6) is 0 Å². The summed E-state index contributed by atoms with van der Waals surface area (Å²) in [6, 6.07) is 0. The van der Waals surface area contributed by atoms with Gasteiger partial charge in [-0.3, -0.25) is 9.69 Å². The molecule has 1 unspecified atom stereocenters. The van der Waals surface area contributed by atoms with Crippen LogP contribution in [0.3, 0.4) is 0 Å². The molecule has 4 heteroatoms. The lowest BCUT2D eigenvalue weighted by Gasteiger charge is -2.18. The van der Waals surface area contributed by atoms with Gasteiger partial charge in [0.05, 0.1) is 0 Å². The summed E-state index contributed by atoms with van der Waals surface area (Å²) >= 11 is 0. The van der Waals surface area contributed by atoms with Gasteiger partial charge in [0.25, 0.3) is 0 Å². The fraction of sp³-hybridized carbons (Fsp3) is 0.857. The predicted molar refractivity (Wildman–Crippen MR) is 44.7 cm³/mol. The number of likely N-dealkylation sites (tertiary alicyclic amines) is 1. The Balaban J connectivity index is 0.000001000. The molecule has 0 spiro atoms. The number of esters is 1. The summed E-state index contributed by atoms with van der Waals surface area (Å²) in [5.74, 6) is -0.182. The minimum absolute atomic E-state index is 0. The Bertz CT molecular complexity index is 140. The maximum atomic E-state index is 10.5. The smallest absolute Gasteiger partial charge is 0.304 e. The van der Waals surface area contributed by atoms with Gasteiger partial charge in [-0.15, -0.1) is 12.4 Å². The number of halogens is 1. The van der Waals surface area contributed by atoms with Gasteiger partial charge in [-0.05, 0) is 19.9 Å². The van der Waals surface area contributed by atoms with Gasteiger partial charge in [0.1, 0.15) is 0 Å². The molecule has 11 heavy (non-hydrogen) atoms. The second kappa shape index (κ2) is 4.57. The molecule has 1 fully saturated rings. The number of hydrogen-bond acceptors (Lipinski definition) is 3. The molecule has 0 aromatic rings. The second-order valence-corrected chi connectivity index (χ2v) is 2.69. The lowest BCUT2D eigenvalue weighted by Crippen LogP contribution is -2.29. The van der Waals surface area contributed by atoms with Crippen molar-refractivity contribution >= 4 is 18.4 Å². The SMILES string of the molecule is CC(=O)OC1CCCN1C.Cl. The first-order valence-corrected chi connectivity index (χ1v) is 3.57. The molecule has 0 saturated carbocycles. The van der Waals surface area contributed by atoms with Gasteiger partial charge >= 0.3 is 5.97 Å². The van der Waals surface area contributed by atoms with Gasteiger partial charge in [-0.25, -0.2) is 0 Å². The summed E-state index contributed by atoms with van der Waals surface area (Å²) in [6.45, 7) is 2.49. The van der Waals surface area contributed by atoms with E-state index in [1.54, 1.807) is 0 Å². The molecule has 0 N–H and O–H groups in total. The van der Waals surface area contributed by atoms with Crippen LogP contribution in [0.25, 0.3) is 0 Å². The Labute approximate surface area is 73.1 Å². The van der Waals surface area contributed by atoms with Crippen molar-refractivity contribution in [1.82, 2.24) is 4.90 Å². The van der Waals surface area contributed by atoms with E-state index in [4.69, 9.17) is 4.74 Å². The van der Waals surface area contributed by atoms with Crippen LogP contribution in [0.4, 0.5) is 0 Å². The summed E-state index contributed by atoms with van der Waals surface area (Å²) < 4.78 is 5.01. The zero-order chi connectivity index (χ0) is 7.56. The summed E-state index contributed by atoms with van der Waals surface area (Å²) in [7, 11) is 1.97. The second-order valence-electron chi connectivity index (χ2n) is 2.69. The van der Waals surface area contributed by atoms with Crippen LogP contribution < -0.4 is 0 Å². The minimum Gasteiger partial charge on any atom is -0.447 e. The summed E-state index contributed by atoms with van der Waals surface area (Å²) in [5.41, 5.74) is 0. The van der Waals surface area contributed by atoms with E-state index in [0.29, 0.717) is 0 Å². The van der Waals surface area contributed by atoms with Crippen LogP contribution in [0.2, 0.25) is 0 Å². The highest BCUT2D eigenvalue weighted by molar-refractivity contribution is 5.85. The zero-order valence-corrected chi connectivity index (χ0v) is 7.69. The standard InChI is InChI=1S/C7H13NO2.ClH/c1-6(9)10-7-4-3-5-8(7)2;/h7H,3-5H2,1-2H3;1H. The Morgan fingerprint density at radius 2 is 2.27 bits per heavy atom. The summed E-state index contributed by atoms with van der Waals surface area (Å²) in [4.78, 5) is 12.6. The molecule has 1 saturated heterocycles. The van der Waals surface area contributed by atoms with Gasteiger partial charge in [0.15, 0.2) is 6.23 Å². The van der Waals surface area contributed by atoms with Crippen molar-refractivity contribution < 1.29 is 9.53 Å². The average Bonchev–Trinajstić information content (AvgIpc) is 2.15. The lowest BCUT2D eigenvalue weighted by atomic mass is 10.4. The molecule has 0 aliphatic carbocycles. The topological polar surface area (TPSA) is 29.5 Å². The van der Waals surface area contributed by atoms with Gasteiger partial charge in [0, 0.05) is 13.5 Å². The van der Waals surface area contributed by atoms with Crippen LogP contribution >= 0.6 is 12.4 Å². The van der Waals surface area contributed by atoms with Crippen molar-refractivity contribution in [1.29, 1.82) is 0 Å². The number of hydrogen-bond donors (Lipinski definition) is 0. The quantitative estimate of drug-likeness (QED) is 0.563. The van der Waals surface area contributed by atoms with Gasteiger partial charge in [-0.1, -0.05) is 0 Å². The van der Waals surface area contributed by atoms with E-state index < -0.39 is 0 Å². The molecule has 1 heterocycles. The maximum absolute atomic E-state index is 10.5. The van der Waals surface area contributed by atoms with Crippen molar-refractivity contribution in [3.05, 3.63) is 0 Å². The van der Waals surface area contributed by atoms with E-state index in [0.717, 1.165) is 19.4 Å². The van der Waals surface area contributed by atoms with E-state index in [1.807, 2.05) is 7.05 Å². The van der Waals surface area contributed by atoms with Gasteiger partial charge in [0.2, 0.25) is 0 Å². The highest BCUT2D eigenvalue weighted by Crippen LogP contribution is 2.15. The van der Waals surface area contributed by atoms with E-state index >= 15 is 0 Å². The fourth-order valence-corrected chi connectivity index (χ4v) is 1.22. The Hall–Kier alpha value is -0.280. The maximum Gasteiger partial charge on any atom is 0.304 e. The van der Waals surface area contributed by atoms with Crippen LogP contribution in [-0.4, -0.2) is 30.7 Å². The normalized spacial score (nSPS) is 24.4. The molecular formula is C7H14ClNO2. The Morgan fingerprint density at radius 1 is 1.64 bits per heavy atom. The van der Waals surface area contributed by atoms with Crippen LogP contribution in [0.1, 0.15) is 19.8 Å². The van der Waals surface area contributed by atoms with Crippen molar-refractivity contribution in [2.75, 3.05) is 13.6 Å². The van der Waals surface area contributed by atoms with Crippen LogP contribution in [-0.2, 0) is 9.53 Å². The first-order valence-electron chi connectivity index (χ1n) is 3.57. The highest BCUT2D eigenvalue weighted by Gasteiger charge is 2.22. The molecule has 3 nitrogen and oxygen atoms in total. The summed E-state index contributed by atoms with van der Waals surface area (Å²) in [5, 5.41) is 0. The molecule has 0 aromatic heterocycles. The van der Waals surface area contributed by atoms with Crippen LogP contribution in [0, 0.1) is 0 Å². The van der Waals surface area contributed by atoms with Gasteiger partial charge < -0.3 is 4.74 Å². The third-order valence-corrected chi connectivity index (χ3v) is 1.76. The molecular weight excluding hydrogens is 166 g/mol. The zero-order valence-electron chi connectivity index (χ0n) is 6.87. The molecule has 0 amide bonds. The number of rotatable bonds is 1. The van der Waals surface area contributed by atoms with Crippen LogP contribution in [0.15, 0.2) is 0 Å². The van der Waals surface area contributed by atoms with E-state index in [9.17, 15) is 4.79 Å². The minimum atomic E-state index is -0.182. The van der Waals surface area contributed by atoms with E-state index in [2.05, 4.69) is 4.90 Å². The number of nitrogens with zero attached hydrogens (tertiary/aromatic N) is 1. The molecule has 1 atom stereocenters. The van der Waals surface area contributed by atoms with Crippen molar-refractivity contribution in [2.45, 2.75) is 26.0 Å². The first-order chi connectivity index (χ1) is 4.70. The van der Waals surface area contributed by atoms with Crippen molar-refractivity contribution in [2.24, 2.45) is 0 Å². The number of carbonyl (C=O) groups is 1. The van der Waals surface area contributed by atoms with Crippen molar-refractivity contribution in [3.63, 3.8) is 0 Å². The number of carbonyl (C=O) groups excluding carboxylic acids is 1. The fourth-order valence-electron chi connectivity index (χ4n) is 1.22. The molecule has 0 aromatic carbocycles. The molecule has 0 radical (unpaired) electrons. The monoisotopic (exact) mass is 179 g/mol. The molecule has 1 rings (SSSR count). The third kappa shape index (κ3) is 3.08. The predicted octanol–water partition coefficient (Wildman–Crippen LogP) is 1.02. The van der Waals surface area contributed by atoms with Gasteiger partial charge in [-0.2, -0.15) is 0 Å². The molecule has 1 aliphatic heterocycles. The van der Waals surface area contributed by atoms with Crippen molar-refractivity contribution in [3.8, 4) is 0 Å². The number of ether oxygens (including phenoxy) is 1. The van der Waals surface area contributed by atoms with E-state index in [1.165, 1.54) is 6.92 Å². The molecule has 66 valence electrons. The summed E-state index contributed by atoms with van der Waals surface area (Å²) in [6.07, 6.45) is 2.15. The van der Waals surface area contributed by atoms with E-state index in [-0.39, 0.29) is 24.6 Å². The third-order valence-electron chi connectivity index (χ3n) is 1.76. The Morgan fingerprint density at radius 3 is 2.64 bits per heavy atom. The molecule has 1 aliphatic rings.